The number of nitrogens with zero attached hydrogens (tertiary/aromatic N) is 1. The van der Waals surface area contributed by atoms with Gasteiger partial charge in [-0.1, -0.05) is 19.9 Å². The van der Waals surface area contributed by atoms with Crippen LogP contribution in [0.2, 0.25) is 0 Å². The Morgan fingerprint density at radius 2 is 1.96 bits per heavy atom. The van der Waals surface area contributed by atoms with Crippen LogP contribution >= 0.6 is 0 Å². The maximum Gasteiger partial charge on any atom is 0.441 e. The first kappa shape index (κ1) is 18.7. The third-order valence-corrected chi connectivity index (χ3v) is 2.82. The van der Waals surface area contributed by atoms with E-state index in [4.69, 9.17) is 0 Å². The van der Waals surface area contributed by atoms with Gasteiger partial charge in [0.25, 0.3) is 0 Å². The molecule has 0 bridgehead atoms. The fraction of sp³-hybridized carbons (Fsp3) is 0.500. The molecule has 0 aliphatic carbocycles. The van der Waals surface area contributed by atoms with Gasteiger partial charge in [-0.15, -0.1) is 0 Å². The number of aromatic nitrogens is 1. The van der Waals surface area contributed by atoms with E-state index < -0.39 is 23.7 Å². The number of halogens is 3. The minimum absolute atomic E-state index is 0.182. The number of amides is 1. The van der Waals surface area contributed by atoms with Crippen molar-refractivity contribution in [3.8, 4) is 0 Å². The second kappa shape index (κ2) is 7.30. The van der Waals surface area contributed by atoms with Gasteiger partial charge in [0.1, 0.15) is 5.82 Å². The fourth-order valence-electron chi connectivity index (χ4n) is 1.80. The van der Waals surface area contributed by atoms with Gasteiger partial charge < -0.3 is 15.4 Å². The van der Waals surface area contributed by atoms with E-state index in [1.54, 1.807) is 19.2 Å². The Bertz CT molecular complexity index is 549. The first-order valence-electron chi connectivity index (χ1n) is 6.77. The van der Waals surface area contributed by atoms with Crippen molar-refractivity contribution in [1.29, 1.82) is 0 Å². The summed E-state index contributed by atoms with van der Waals surface area (Å²) in [4.78, 5) is 27.4. The van der Waals surface area contributed by atoms with Crippen molar-refractivity contribution in [2.75, 3.05) is 12.4 Å². The average molecular weight is 333 g/mol. The van der Waals surface area contributed by atoms with E-state index in [0.29, 0.717) is 0 Å². The van der Waals surface area contributed by atoms with Gasteiger partial charge in [-0.05, 0) is 18.1 Å². The van der Waals surface area contributed by atoms with Gasteiger partial charge in [0.05, 0.1) is 7.11 Å². The Morgan fingerprint density at radius 1 is 1.30 bits per heavy atom. The van der Waals surface area contributed by atoms with Crippen LogP contribution in [0.15, 0.2) is 24.4 Å². The number of anilines is 1. The molecule has 0 fully saturated rings. The third-order valence-electron chi connectivity index (χ3n) is 2.82. The summed E-state index contributed by atoms with van der Waals surface area (Å²) in [5.41, 5.74) is -3.41. The largest absolute Gasteiger partial charge is 0.466 e. The highest BCUT2D eigenvalue weighted by molar-refractivity contribution is 5.91. The highest BCUT2D eigenvalue weighted by Crippen LogP contribution is 2.32. The number of hydrogen-bond donors (Lipinski definition) is 2. The van der Waals surface area contributed by atoms with Crippen molar-refractivity contribution in [1.82, 2.24) is 10.3 Å². The summed E-state index contributed by atoms with van der Waals surface area (Å²) < 4.78 is 45.0. The average Bonchev–Trinajstić information content (AvgIpc) is 2.44. The van der Waals surface area contributed by atoms with Crippen molar-refractivity contribution in [3.63, 3.8) is 0 Å². The van der Waals surface area contributed by atoms with E-state index in [2.05, 4.69) is 9.72 Å². The molecule has 0 aliphatic heterocycles. The van der Waals surface area contributed by atoms with Crippen molar-refractivity contribution in [3.05, 3.63) is 24.4 Å². The summed E-state index contributed by atoms with van der Waals surface area (Å²) in [7, 11) is 0.803. The normalized spacial score (nSPS) is 14.0. The maximum atomic E-state index is 13.6. The Kier molecular flexibility index (Phi) is 5.94. The molecule has 6 nitrogen and oxygen atoms in total. The van der Waals surface area contributed by atoms with Crippen molar-refractivity contribution >= 4 is 17.7 Å². The Hall–Kier alpha value is -2.32. The number of ether oxygens (including phenoxy) is 1. The lowest BCUT2D eigenvalue weighted by Gasteiger charge is -2.34. The SMILES string of the molecule is COC(=O)[C@@](NC(=O)CC(C)C)(Nc1ccccn1)C(F)(F)F. The molecule has 9 heteroatoms. The first-order valence-corrected chi connectivity index (χ1v) is 6.77. The molecule has 1 heterocycles. The molecule has 1 aromatic heterocycles. The van der Waals surface area contributed by atoms with E-state index in [-0.39, 0.29) is 18.2 Å². The number of carbonyl (C=O) groups is 2. The topological polar surface area (TPSA) is 80.3 Å². The number of carbonyl (C=O) groups excluding carboxylic acids is 2. The number of nitrogens with one attached hydrogen (secondary N) is 2. The van der Waals surface area contributed by atoms with Crippen LogP contribution in [0.25, 0.3) is 0 Å². The van der Waals surface area contributed by atoms with Gasteiger partial charge in [0.15, 0.2) is 0 Å². The molecule has 1 amide bonds. The molecule has 0 radical (unpaired) electrons. The molecule has 0 unspecified atom stereocenters. The summed E-state index contributed by atoms with van der Waals surface area (Å²) >= 11 is 0. The second-order valence-electron chi connectivity index (χ2n) is 5.23. The summed E-state index contributed by atoms with van der Waals surface area (Å²) in [5, 5.41) is 3.66. The van der Waals surface area contributed by atoms with Gasteiger partial charge in [-0.3, -0.25) is 4.79 Å². The van der Waals surface area contributed by atoms with Crippen LogP contribution in [0.1, 0.15) is 20.3 Å². The lowest BCUT2D eigenvalue weighted by atomic mass is 10.1. The van der Waals surface area contributed by atoms with Gasteiger partial charge >= 0.3 is 17.8 Å². The van der Waals surface area contributed by atoms with E-state index >= 15 is 0 Å². The highest BCUT2D eigenvalue weighted by Gasteiger charge is 2.63. The van der Waals surface area contributed by atoms with Crippen molar-refractivity contribution in [2.45, 2.75) is 32.1 Å². The molecule has 0 aromatic carbocycles. The minimum Gasteiger partial charge on any atom is -0.466 e. The Morgan fingerprint density at radius 3 is 2.39 bits per heavy atom. The lowest BCUT2D eigenvalue weighted by Crippen LogP contribution is -2.69. The lowest BCUT2D eigenvalue weighted by molar-refractivity contribution is -0.206. The van der Waals surface area contributed by atoms with Gasteiger partial charge in [-0.2, -0.15) is 13.2 Å². The summed E-state index contributed by atoms with van der Waals surface area (Å²) in [6.07, 6.45) is -4.08. The smallest absolute Gasteiger partial charge is 0.441 e. The molecule has 2 N–H and O–H groups in total. The molecule has 23 heavy (non-hydrogen) atoms. The van der Waals surface area contributed by atoms with Crippen LogP contribution in [-0.2, 0) is 14.3 Å². The van der Waals surface area contributed by atoms with E-state index in [1.165, 1.54) is 24.4 Å². The Balaban J connectivity index is 3.25. The number of pyridine rings is 1. The molecule has 1 aromatic rings. The van der Waals surface area contributed by atoms with Crippen molar-refractivity contribution < 1.29 is 27.5 Å². The predicted octanol–water partition coefficient (Wildman–Crippen LogP) is 2.09. The molecule has 0 spiro atoms. The molecule has 0 saturated carbocycles. The quantitative estimate of drug-likeness (QED) is 0.615. The van der Waals surface area contributed by atoms with E-state index in [9.17, 15) is 22.8 Å². The number of esters is 1. The van der Waals surface area contributed by atoms with E-state index in [0.717, 1.165) is 7.11 Å². The molecular weight excluding hydrogens is 315 g/mol. The van der Waals surface area contributed by atoms with Gasteiger partial charge in [0, 0.05) is 12.6 Å². The summed E-state index contributed by atoms with van der Waals surface area (Å²) in [6.45, 7) is 3.33. The molecule has 1 atom stereocenters. The minimum atomic E-state index is -5.15. The number of methoxy groups -OCH3 is 1. The Labute approximate surface area is 131 Å². The summed E-state index contributed by atoms with van der Waals surface area (Å²) in [5.74, 6) is -3.05. The zero-order valence-corrected chi connectivity index (χ0v) is 12.9. The third kappa shape index (κ3) is 4.57. The second-order valence-corrected chi connectivity index (χ2v) is 5.23. The number of rotatable bonds is 6. The van der Waals surface area contributed by atoms with Gasteiger partial charge in [0.2, 0.25) is 5.91 Å². The van der Waals surface area contributed by atoms with Crippen LogP contribution in [0.3, 0.4) is 0 Å². The molecule has 0 aliphatic rings. The van der Waals surface area contributed by atoms with Crippen LogP contribution in [-0.4, -0.2) is 35.8 Å². The standard InChI is InChI=1S/C14H18F3N3O3/c1-9(2)8-11(21)20-13(12(22)23-3,14(15,16)17)19-10-6-4-5-7-18-10/h4-7,9H,8H2,1-3H3,(H,18,19)(H,20,21)/t13-/m0/s1. The molecule has 0 saturated heterocycles. The monoisotopic (exact) mass is 333 g/mol. The highest BCUT2D eigenvalue weighted by atomic mass is 19.4. The van der Waals surface area contributed by atoms with Gasteiger partial charge in [-0.25, -0.2) is 9.78 Å². The number of alkyl halides is 3. The van der Waals surface area contributed by atoms with E-state index in [1.807, 2.05) is 5.32 Å². The zero-order chi connectivity index (χ0) is 17.7. The predicted molar refractivity (Wildman–Crippen MR) is 76.3 cm³/mol. The zero-order valence-electron chi connectivity index (χ0n) is 12.9. The van der Waals surface area contributed by atoms with Crippen LogP contribution in [0.4, 0.5) is 19.0 Å². The van der Waals surface area contributed by atoms with Crippen LogP contribution in [0.5, 0.6) is 0 Å². The maximum absolute atomic E-state index is 13.6. The summed E-state index contributed by atoms with van der Waals surface area (Å²) in [6, 6.07) is 4.16. The molecular formula is C14H18F3N3O3. The molecule has 1 rings (SSSR count). The van der Waals surface area contributed by atoms with Crippen molar-refractivity contribution in [2.24, 2.45) is 5.92 Å². The number of hydrogen-bond acceptors (Lipinski definition) is 5. The first-order chi connectivity index (χ1) is 10.6. The van der Waals surface area contributed by atoms with Crippen LogP contribution < -0.4 is 10.6 Å². The molecule has 128 valence electrons. The van der Waals surface area contributed by atoms with Crippen LogP contribution in [0, 0.1) is 5.92 Å². The fourth-order valence-corrected chi connectivity index (χ4v) is 1.80.